The van der Waals surface area contributed by atoms with Crippen LogP contribution in [0.4, 0.5) is 0 Å². The Kier molecular flexibility index (Phi) is 6.70. The molecular weight excluding hydrogens is 413 g/mol. The Morgan fingerprint density at radius 3 is 2.62 bits per heavy atom. The Bertz CT molecular complexity index is 901. The van der Waals surface area contributed by atoms with Crippen molar-refractivity contribution in [2.75, 3.05) is 0 Å². The van der Waals surface area contributed by atoms with Crippen LogP contribution in [0.15, 0.2) is 47.6 Å². The summed E-state index contributed by atoms with van der Waals surface area (Å²) in [6.07, 6.45) is 0. The van der Waals surface area contributed by atoms with Gasteiger partial charge in [0, 0.05) is 28.4 Å². The lowest BCUT2D eigenvalue weighted by Gasteiger charge is -2.10. The molecule has 0 amide bonds. The van der Waals surface area contributed by atoms with Crippen molar-refractivity contribution in [1.82, 2.24) is 14.8 Å². The number of ether oxygens (including phenoxy) is 1. The molecule has 0 aliphatic carbocycles. The lowest BCUT2D eigenvalue weighted by Crippen LogP contribution is -2.07. The van der Waals surface area contributed by atoms with E-state index in [1.165, 1.54) is 0 Å². The van der Waals surface area contributed by atoms with Crippen LogP contribution in [0.25, 0.3) is 0 Å². The van der Waals surface area contributed by atoms with Gasteiger partial charge in [-0.15, -0.1) is 10.2 Å². The zero-order chi connectivity index (χ0) is 18.5. The smallest absolute Gasteiger partial charge is 0.191 e. The first-order chi connectivity index (χ1) is 12.6. The van der Waals surface area contributed by atoms with E-state index >= 15 is 0 Å². The lowest BCUT2D eigenvalue weighted by molar-refractivity contribution is 0.288. The molecular formula is C18H16Cl3N3OS. The predicted octanol–water partition coefficient (Wildman–Crippen LogP) is 6.13. The van der Waals surface area contributed by atoms with Crippen LogP contribution in [0.1, 0.15) is 18.3 Å². The van der Waals surface area contributed by atoms with Gasteiger partial charge in [0.05, 0.1) is 5.02 Å². The van der Waals surface area contributed by atoms with Crippen LogP contribution in [0.3, 0.4) is 0 Å². The van der Waals surface area contributed by atoms with Gasteiger partial charge in [-0.1, -0.05) is 58.7 Å². The number of aromatic nitrogens is 3. The maximum Gasteiger partial charge on any atom is 0.191 e. The highest BCUT2D eigenvalue weighted by molar-refractivity contribution is 7.98. The highest BCUT2D eigenvalue weighted by atomic mass is 35.5. The largest absolute Gasteiger partial charge is 0.484 e. The fourth-order valence-corrected chi connectivity index (χ4v) is 3.87. The molecule has 3 aromatic rings. The van der Waals surface area contributed by atoms with Gasteiger partial charge >= 0.3 is 0 Å². The minimum Gasteiger partial charge on any atom is -0.484 e. The van der Waals surface area contributed by atoms with E-state index < -0.39 is 0 Å². The summed E-state index contributed by atoms with van der Waals surface area (Å²) in [5.41, 5.74) is 1.14. The molecule has 0 unspecified atom stereocenters. The summed E-state index contributed by atoms with van der Waals surface area (Å²) in [6.45, 7) is 3.05. The number of benzene rings is 2. The Balaban J connectivity index is 1.68. The quantitative estimate of drug-likeness (QED) is 0.424. The Morgan fingerprint density at radius 2 is 1.85 bits per heavy atom. The average Bonchev–Trinajstić information content (AvgIpc) is 3.02. The van der Waals surface area contributed by atoms with Gasteiger partial charge in [-0.3, -0.25) is 0 Å². The van der Waals surface area contributed by atoms with Crippen molar-refractivity contribution in [3.8, 4) is 5.75 Å². The summed E-state index contributed by atoms with van der Waals surface area (Å²) in [5, 5.41) is 11.2. The molecule has 0 saturated carbocycles. The Labute approximate surface area is 171 Å². The average molecular weight is 429 g/mol. The van der Waals surface area contributed by atoms with Crippen molar-refractivity contribution in [3.05, 3.63) is 68.9 Å². The molecule has 1 heterocycles. The summed E-state index contributed by atoms with van der Waals surface area (Å²) < 4.78 is 7.79. The summed E-state index contributed by atoms with van der Waals surface area (Å²) in [4.78, 5) is 0. The van der Waals surface area contributed by atoms with Crippen LogP contribution in [0.2, 0.25) is 15.1 Å². The first-order valence-corrected chi connectivity index (χ1v) is 10.1. The van der Waals surface area contributed by atoms with E-state index in [9.17, 15) is 0 Å². The normalized spacial score (nSPS) is 10.9. The molecule has 3 rings (SSSR count). The van der Waals surface area contributed by atoms with Crippen LogP contribution in [-0.4, -0.2) is 14.8 Å². The standard InChI is InChI=1S/C18H16Cl3N3OS/c1-2-24-17(10-25-16-9-14(20)6-7-15(16)21)22-23-18(24)26-11-12-4-3-5-13(19)8-12/h3-9H,2,10-11H2,1H3. The van der Waals surface area contributed by atoms with E-state index in [0.717, 1.165) is 33.9 Å². The van der Waals surface area contributed by atoms with E-state index in [0.29, 0.717) is 15.8 Å². The van der Waals surface area contributed by atoms with Crippen molar-refractivity contribution in [3.63, 3.8) is 0 Å². The van der Waals surface area contributed by atoms with E-state index in [4.69, 9.17) is 39.5 Å². The van der Waals surface area contributed by atoms with Crippen molar-refractivity contribution < 1.29 is 4.74 Å². The first-order valence-electron chi connectivity index (χ1n) is 7.94. The molecule has 0 fully saturated rings. The predicted molar refractivity (Wildman–Crippen MR) is 108 cm³/mol. The topological polar surface area (TPSA) is 39.9 Å². The van der Waals surface area contributed by atoms with Gasteiger partial charge in [-0.25, -0.2) is 0 Å². The van der Waals surface area contributed by atoms with Gasteiger partial charge in [0.2, 0.25) is 0 Å². The molecule has 0 saturated heterocycles. The molecule has 4 nitrogen and oxygen atoms in total. The van der Waals surface area contributed by atoms with Gasteiger partial charge in [-0.05, 0) is 36.8 Å². The summed E-state index contributed by atoms with van der Waals surface area (Å²) in [6, 6.07) is 12.9. The fourth-order valence-electron chi connectivity index (χ4n) is 2.35. The minimum absolute atomic E-state index is 0.263. The molecule has 0 N–H and O–H groups in total. The molecule has 2 aromatic carbocycles. The molecule has 0 aliphatic rings. The summed E-state index contributed by atoms with van der Waals surface area (Å²) in [5.74, 6) is 2.02. The zero-order valence-electron chi connectivity index (χ0n) is 14.0. The minimum atomic E-state index is 0.263. The molecule has 8 heteroatoms. The number of rotatable bonds is 7. The maximum atomic E-state index is 6.13. The highest BCUT2D eigenvalue weighted by Crippen LogP contribution is 2.29. The number of nitrogens with zero attached hydrogens (tertiary/aromatic N) is 3. The van der Waals surface area contributed by atoms with E-state index in [2.05, 4.69) is 10.2 Å². The van der Waals surface area contributed by atoms with Crippen molar-refractivity contribution in [1.29, 1.82) is 0 Å². The fraction of sp³-hybridized carbons (Fsp3) is 0.222. The number of thioether (sulfide) groups is 1. The van der Waals surface area contributed by atoms with Gasteiger partial charge in [0.15, 0.2) is 11.0 Å². The van der Waals surface area contributed by atoms with Crippen LogP contribution in [0, 0.1) is 0 Å². The second-order valence-electron chi connectivity index (χ2n) is 5.43. The Hall–Kier alpha value is -1.40. The van der Waals surface area contributed by atoms with Crippen LogP contribution in [0.5, 0.6) is 5.75 Å². The van der Waals surface area contributed by atoms with E-state index in [1.54, 1.807) is 30.0 Å². The third kappa shape index (κ3) is 4.86. The van der Waals surface area contributed by atoms with Gasteiger partial charge < -0.3 is 9.30 Å². The second-order valence-corrected chi connectivity index (χ2v) is 7.65. The third-order valence-electron chi connectivity index (χ3n) is 3.62. The highest BCUT2D eigenvalue weighted by Gasteiger charge is 2.13. The molecule has 0 bridgehead atoms. The number of hydrogen-bond acceptors (Lipinski definition) is 4. The molecule has 136 valence electrons. The zero-order valence-corrected chi connectivity index (χ0v) is 17.0. The third-order valence-corrected chi connectivity index (χ3v) is 5.44. The molecule has 0 atom stereocenters. The molecule has 0 radical (unpaired) electrons. The van der Waals surface area contributed by atoms with E-state index in [-0.39, 0.29) is 6.61 Å². The van der Waals surface area contributed by atoms with Gasteiger partial charge in [-0.2, -0.15) is 0 Å². The Morgan fingerprint density at radius 1 is 1.04 bits per heavy atom. The lowest BCUT2D eigenvalue weighted by atomic mass is 10.2. The van der Waals surface area contributed by atoms with Gasteiger partial charge in [0.25, 0.3) is 0 Å². The maximum absolute atomic E-state index is 6.13. The molecule has 1 aromatic heterocycles. The van der Waals surface area contributed by atoms with Crippen LogP contribution in [-0.2, 0) is 18.9 Å². The monoisotopic (exact) mass is 427 g/mol. The summed E-state index contributed by atoms with van der Waals surface area (Å²) >= 11 is 19.8. The molecule has 26 heavy (non-hydrogen) atoms. The SMILES string of the molecule is CCn1c(COc2cc(Cl)ccc2Cl)nnc1SCc1cccc(Cl)c1. The van der Waals surface area contributed by atoms with E-state index in [1.807, 2.05) is 35.8 Å². The number of hydrogen-bond donors (Lipinski definition) is 0. The van der Waals surface area contributed by atoms with Crippen molar-refractivity contribution >= 4 is 46.6 Å². The number of halogens is 3. The second kappa shape index (κ2) is 9.00. The molecule has 0 aliphatic heterocycles. The summed E-state index contributed by atoms with van der Waals surface area (Å²) in [7, 11) is 0. The van der Waals surface area contributed by atoms with Crippen molar-refractivity contribution in [2.24, 2.45) is 0 Å². The first kappa shape index (κ1) is 19.4. The van der Waals surface area contributed by atoms with Gasteiger partial charge in [0.1, 0.15) is 12.4 Å². The van der Waals surface area contributed by atoms with Crippen LogP contribution < -0.4 is 4.74 Å². The van der Waals surface area contributed by atoms with Crippen LogP contribution >= 0.6 is 46.6 Å². The molecule has 0 spiro atoms. The van der Waals surface area contributed by atoms with Crippen molar-refractivity contribution in [2.45, 2.75) is 31.0 Å².